The Labute approximate surface area is 177 Å². The van der Waals surface area contributed by atoms with Crippen LogP contribution in [-0.4, -0.2) is 47.9 Å². The molecule has 1 atom stereocenters. The molecule has 0 spiro atoms. The Morgan fingerprint density at radius 1 is 1.33 bits per heavy atom. The predicted molar refractivity (Wildman–Crippen MR) is 117 cm³/mol. The van der Waals surface area contributed by atoms with Crippen LogP contribution in [0.2, 0.25) is 5.02 Å². The van der Waals surface area contributed by atoms with Gasteiger partial charge in [0.05, 0.1) is 16.6 Å². The number of nitrogens with one attached hydrogen (secondary N) is 1. The highest BCUT2D eigenvalue weighted by Gasteiger charge is 2.24. The second-order valence-electron chi connectivity index (χ2n) is 6.78. The van der Waals surface area contributed by atoms with E-state index in [1.165, 1.54) is 6.42 Å². The first kappa shape index (κ1) is 24.1. The average molecular weight is 434 g/mol. The average Bonchev–Trinajstić information content (AvgIpc) is 2.65. The van der Waals surface area contributed by atoms with Gasteiger partial charge >= 0.3 is 0 Å². The zero-order chi connectivity index (χ0) is 19.1. The van der Waals surface area contributed by atoms with E-state index >= 15 is 0 Å². The van der Waals surface area contributed by atoms with Gasteiger partial charge in [-0.15, -0.1) is 12.4 Å². The highest BCUT2D eigenvalue weighted by atomic mass is 35.5. The third-order valence-corrected chi connectivity index (χ3v) is 5.84. The lowest BCUT2D eigenvalue weighted by Crippen LogP contribution is -2.38. The quantitative estimate of drug-likeness (QED) is 0.675. The molecule has 0 radical (unpaired) electrons. The number of anilines is 1. The Kier molecular flexibility index (Phi) is 10.5. The van der Waals surface area contributed by atoms with Gasteiger partial charge in [-0.25, -0.2) is 0 Å². The molecule has 0 aromatic heterocycles. The van der Waals surface area contributed by atoms with Crippen molar-refractivity contribution in [1.82, 2.24) is 4.90 Å². The van der Waals surface area contributed by atoms with E-state index in [0.29, 0.717) is 22.7 Å². The molecule has 2 rings (SSSR count). The summed E-state index contributed by atoms with van der Waals surface area (Å²) in [5.41, 5.74) is 6.89. The summed E-state index contributed by atoms with van der Waals surface area (Å²) in [5, 5.41) is 3.11. The largest absolute Gasteiger partial charge is 0.339 e. The molecule has 0 heterocycles. The molecule has 152 valence electrons. The minimum atomic E-state index is -0.556. The zero-order valence-electron chi connectivity index (χ0n) is 15.9. The summed E-state index contributed by atoms with van der Waals surface area (Å²) in [6.07, 6.45) is 8.25. The van der Waals surface area contributed by atoms with E-state index in [9.17, 15) is 9.59 Å². The Morgan fingerprint density at radius 3 is 2.59 bits per heavy atom. The summed E-state index contributed by atoms with van der Waals surface area (Å²) in [4.78, 5) is 26.7. The highest BCUT2D eigenvalue weighted by Crippen LogP contribution is 2.26. The molecule has 0 saturated heterocycles. The minimum absolute atomic E-state index is 0. The van der Waals surface area contributed by atoms with Crippen molar-refractivity contribution < 1.29 is 9.59 Å². The van der Waals surface area contributed by atoms with Gasteiger partial charge in [-0.3, -0.25) is 9.59 Å². The van der Waals surface area contributed by atoms with Crippen molar-refractivity contribution in [2.24, 2.45) is 5.73 Å². The predicted octanol–water partition coefficient (Wildman–Crippen LogP) is 4.19. The molecule has 0 unspecified atom stereocenters. The molecule has 0 aliphatic heterocycles. The van der Waals surface area contributed by atoms with Crippen molar-refractivity contribution in [3.8, 4) is 0 Å². The molecule has 0 bridgehead atoms. The summed E-state index contributed by atoms with van der Waals surface area (Å²) >= 11 is 7.97. The van der Waals surface area contributed by atoms with Crippen molar-refractivity contribution >= 4 is 53.3 Å². The summed E-state index contributed by atoms with van der Waals surface area (Å²) < 4.78 is 0. The fourth-order valence-electron chi connectivity index (χ4n) is 3.20. The van der Waals surface area contributed by atoms with Crippen molar-refractivity contribution in [2.45, 2.75) is 50.6 Å². The lowest BCUT2D eigenvalue weighted by atomic mass is 9.94. The van der Waals surface area contributed by atoms with Gasteiger partial charge in [-0.05, 0) is 49.5 Å². The van der Waals surface area contributed by atoms with Crippen molar-refractivity contribution in [2.75, 3.05) is 24.4 Å². The van der Waals surface area contributed by atoms with Crippen molar-refractivity contribution in [3.05, 3.63) is 28.8 Å². The van der Waals surface area contributed by atoms with Gasteiger partial charge < -0.3 is 16.0 Å². The van der Waals surface area contributed by atoms with E-state index in [4.69, 9.17) is 17.3 Å². The van der Waals surface area contributed by atoms with Gasteiger partial charge in [0.2, 0.25) is 5.91 Å². The lowest BCUT2D eigenvalue weighted by Gasteiger charge is -2.31. The van der Waals surface area contributed by atoms with E-state index in [-0.39, 0.29) is 30.3 Å². The van der Waals surface area contributed by atoms with Crippen LogP contribution in [0.5, 0.6) is 0 Å². The Balaban J connectivity index is 0.00000364. The number of benzene rings is 1. The number of hydrogen-bond donors (Lipinski definition) is 2. The number of halogens is 2. The third-order valence-electron chi connectivity index (χ3n) is 4.88. The Morgan fingerprint density at radius 2 is 2.00 bits per heavy atom. The van der Waals surface area contributed by atoms with Gasteiger partial charge in [0.25, 0.3) is 5.91 Å². The van der Waals surface area contributed by atoms with Gasteiger partial charge in [0.15, 0.2) is 0 Å². The lowest BCUT2D eigenvalue weighted by molar-refractivity contribution is -0.117. The molecule has 1 aliphatic rings. The number of rotatable bonds is 7. The molecular formula is C19H29Cl2N3O2S. The minimum Gasteiger partial charge on any atom is -0.339 e. The molecule has 1 aliphatic carbocycles. The molecule has 1 aromatic carbocycles. The summed E-state index contributed by atoms with van der Waals surface area (Å²) in [6, 6.07) is 4.71. The maximum atomic E-state index is 12.8. The molecule has 27 heavy (non-hydrogen) atoms. The molecule has 1 fully saturated rings. The molecule has 1 aromatic rings. The number of hydrogen-bond acceptors (Lipinski definition) is 4. The van der Waals surface area contributed by atoms with Crippen LogP contribution in [0.1, 0.15) is 48.9 Å². The van der Waals surface area contributed by atoms with Crippen molar-refractivity contribution in [1.29, 1.82) is 0 Å². The Hall–Kier alpha value is -0.950. The van der Waals surface area contributed by atoms with Crippen LogP contribution in [-0.2, 0) is 4.79 Å². The van der Waals surface area contributed by atoms with Gasteiger partial charge in [0, 0.05) is 18.8 Å². The van der Waals surface area contributed by atoms with Crippen LogP contribution < -0.4 is 11.1 Å². The first-order valence-electron chi connectivity index (χ1n) is 9.06. The van der Waals surface area contributed by atoms with E-state index in [1.54, 1.807) is 34.9 Å². The number of nitrogens with two attached hydrogens (primary N) is 1. The number of carbonyl (C=O) groups excluding carboxylic acids is 2. The first-order valence-corrected chi connectivity index (χ1v) is 10.8. The van der Waals surface area contributed by atoms with E-state index in [0.717, 1.165) is 31.4 Å². The normalized spacial score (nSPS) is 15.6. The van der Waals surface area contributed by atoms with Crippen molar-refractivity contribution in [3.63, 3.8) is 0 Å². The smallest absolute Gasteiger partial charge is 0.255 e. The summed E-state index contributed by atoms with van der Waals surface area (Å²) in [6.45, 7) is 0. The van der Waals surface area contributed by atoms with Crippen LogP contribution >= 0.6 is 35.8 Å². The van der Waals surface area contributed by atoms with E-state index in [2.05, 4.69) is 5.32 Å². The Bertz CT molecular complexity index is 639. The maximum Gasteiger partial charge on any atom is 0.255 e. The molecule has 8 heteroatoms. The maximum absolute atomic E-state index is 12.8. The SMILES string of the molecule is CSCC[C@H](N)C(=O)Nc1ccc(C(=O)N(C)C2CCCCC2)c(Cl)c1.Cl. The zero-order valence-corrected chi connectivity index (χ0v) is 18.3. The highest BCUT2D eigenvalue weighted by molar-refractivity contribution is 7.98. The first-order chi connectivity index (χ1) is 12.4. The number of thioether (sulfide) groups is 1. The third kappa shape index (κ3) is 6.86. The van der Waals surface area contributed by atoms with Crippen LogP contribution in [0.15, 0.2) is 18.2 Å². The van der Waals surface area contributed by atoms with Crippen LogP contribution in [0.4, 0.5) is 5.69 Å². The van der Waals surface area contributed by atoms with Gasteiger partial charge in [-0.1, -0.05) is 30.9 Å². The fraction of sp³-hybridized carbons (Fsp3) is 0.579. The molecule has 5 nitrogen and oxygen atoms in total. The summed E-state index contributed by atoms with van der Waals surface area (Å²) in [7, 11) is 1.84. The van der Waals surface area contributed by atoms with E-state index < -0.39 is 6.04 Å². The van der Waals surface area contributed by atoms with Gasteiger partial charge in [-0.2, -0.15) is 11.8 Å². The van der Waals surface area contributed by atoms with Crippen LogP contribution in [0.25, 0.3) is 0 Å². The molecule has 3 N–H and O–H groups in total. The monoisotopic (exact) mass is 433 g/mol. The molecular weight excluding hydrogens is 405 g/mol. The second kappa shape index (κ2) is 11.8. The van der Waals surface area contributed by atoms with Crippen LogP contribution in [0, 0.1) is 0 Å². The standard InChI is InChI=1S/C19H28ClN3O2S.ClH/c1-23(14-6-4-3-5-7-14)19(25)15-9-8-13(12-16(15)20)22-18(24)17(21)10-11-26-2;/h8-9,12,14,17H,3-7,10-11,21H2,1-2H3,(H,22,24);1H/t17-;/m0./s1. The molecule has 2 amide bonds. The van der Waals surface area contributed by atoms with Crippen LogP contribution in [0.3, 0.4) is 0 Å². The second-order valence-corrected chi connectivity index (χ2v) is 8.17. The topological polar surface area (TPSA) is 75.4 Å². The fourth-order valence-corrected chi connectivity index (χ4v) is 3.95. The number of carbonyl (C=O) groups is 2. The molecule has 1 saturated carbocycles. The summed E-state index contributed by atoms with van der Waals surface area (Å²) in [5.74, 6) is 0.515. The number of amides is 2. The van der Waals surface area contributed by atoms with E-state index in [1.807, 2.05) is 13.3 Å². The van der Waals surface area contributed by atoms with Gasteiger partial charge in [0.1, 0.15) is 0 Å². The number of nitrogens with zero attached hydrogens (tertiary/aromatic N) is 1.